The minimum atomic E-state index is -3.35. The molecule has 0 saturated carbocycles. The van der Waals surface area contributed by atoms with Crippen LogP contribution in [-0.4, -0.2) is 22.0 Å². The predicted molar refractivity (Wildman–Crippen MR) is 65.3 cm³/mol. The second kappa shape index (κ2) is 6.68. The van der Waals surface area contributed by atoms with Gasteiger partial charge in [-0.05, 0) is 30.9 Å². The van der Waals surface area contributed by atoms with Crippen LogP contribution in [0.2, 0.25) is 0 Å². The van der Waals surface area contributed by atoms with Gasteiger partial charge in [0.25, 0.3) is 10.2 Å². The number of nitrogens with one attached hydrogen (secondary N) is 2. The molecule has 0 aliphatic rings. The molecule has 1 aromatic carbocycles. The van der Waals surface area contributed by atoms with Crippen LogP contribution in [0, 0.1) is 5.82 Å². The summed E-state index contributed by atoms with van der Waals surface area (Å²) in [6, 6.07) is 6.62. The Hall–Kier alpha value is -0.980. The standard InChI is InChI=1S/C11H17FN2O2S/c1-13-17(15,16)14-9-5-4-7-10-6-2-3-8-11(10)12/h2-3,6,8,13-14H,4-5,7,9H2,1H3. The molecule has 0 saturated heterocycles. The molecule has 0 bridgehead atoms. The molecular weight excluding hydrogens is 243 g/mol. The molecule has 0 spiro atoms. The molecule has 0 fully saturated rings. The monoisotopic (exact) mass is 260 g/mol. The predicted octanol–water partition coefficient (Wildman–Crippen LogP) is 1.20. The van der Waals surface area contributed by atoms with Gasteiger partial charge in [-0.25, -0.2) is 13.8 Å². The number of hydrogen-bond donors (Lipinski definition) is 2. The fraction of sp³-hybridized carbons (Fsp3) is 0.455. The zero-order valence-corrected chi connectivity index (χ0v) is 10.6. The van der Waals surface area contributed by atoms with E-state index in [4.69, 9.17) is 0 Å². The van der Waals surface area contributed by atoms with E-state index in [9.17, 15) is 12.8 Å². The highest BCUT2D eigenvalue weighted by Gasteiger charge is 2.04. The van der Waals surface area contributed by atoms with Crippen LogP contribution in [0.15, 0.2) is 24.3 Å². The van der Waals surface area contributed by atoms with Gasteiger partial charge in [0.05, 0.1) is 0 Å². The van der Waals surface area contributed by atoms with Gasteiger partial charge in [0, 0.05) is 13.6 Å². The zero-order valence-electron chi connectivity index (χ0n) is 9.74. The Morgan fingerprint density at radius 1 is 1.24 bits per heavy atom. The van der Waals surface area contributed by atoms with E-state index in [0.717, 1.165) is 6.42 Å². The number of benzene rings is 1. The maximum absolute atomic E-state index is 13.2. The Morgan fingerprint density at radius 2 is 1.94 bits per heavy atom. The topological polar surface area (TPSA) is 58.2 Å². The third-order valence-electron chi connectivity index (χ3n) is 2.39. The van der Waals surface area contributed by atoms with Gasteiger partial charge in [-0.15, -0.1) is 0 Å². The van der Waals surface area contributed by atoms with E-state index in [-0.39, 0.29) is 5.82 Å². The average molecular weight is 260 g/mol. The van der Waals surface area contributed by atoms with Crippen molar-refractivity contribution in [3.8, 4) is 0 Å². The fourth-order valence-electron chi connectivity index (χ4n) is 1.42. The van der Waals surface area contributed by atoms with Crippen LogP contribution in [0.4, 0.5) is 4.39 Å². The lowest BCUT2D eigenvalue weighted by atomic mass is 10.1. The Kier molecular flexibility index (Phi) is 5.54. The van der Waals surface area contributed by atoms with E-state index < -0.39 is 10.2 Å². The van der Waals surface area contributed by atoms with E-state index in [1.165, 1.54) is 13.1 Å². The van der Waals surface area contributed by atoms with E-state index in [1.807, 2.05) is 0 Å². The molecule has 0 unspecified atom stereocenters. The first-order valence-corrected chi connectivity index (χ1v) is 6.95. The van der Waals surface area contributed by atoms with Crippen molar-refractivity contribution in [2.45, 2.75) is 19.3 Å². The normalized spacial score (nSPS) is 11.6. The van der Waals surface area contributed by atoms with Crippen molar-refractivity contribution in [2.75, 3.05) is 13.6 Å². The van der Waals surface area contributed by atoms with Crippen molar-refractivity contribution < 1.29 is 12.8 Å². The molecular formula is C11H17FN2O2S. The third-order valence-corrected chi connectivity index (χ3v) is 3.51. The lowest BCUT2D eigenvalue weighted by molar-refractivity contribution is 0.566. The molecule has 0 heterocycles. The Morgan fingerprint density at radius 3 is 2.59 bits per heavy atom. The van der Waals surface area contributed by atoms with E-state index in [2.05, 4.69) is 9.44 Å². The van der Waals surface area contributed by atoms with Gasteiger partial charge in [-0.1, -0.05) is 18.2 Å². The van der Waals surface area contributed by atoms with Crippen molar-refractivity contribution >= 4 is 10.2 Å². The summed E-state index contributed by atoms with van der Waals surface area (Å²) < 4.78 is 39.8. The van der Waals surface area contributed by atoms with Gasteiger partial charge in [0.2, 0.25) is 0 Å². The highest BCUT2D eigenvalue weighted by atomic mass is 32.2. The summed E-state index contributed by atoms with van der Waals surface area (Å²) in [6.45, 7) is 0.359. The maximum Gasteiger partial charge on any atom is 0.276 e. The molecule has 4 nitrogen and oxygen atoms in total. The van der Waals surface area contributed by atoms with Crippen molar-refractivity contribution in [1.82, 2.24) is 9.44 Å². The van der Waals surface area contributed by atoms with E-state index in [1.54, 1.807) is 18.2 Å². The van der Waals surface area contributed by atoms with Crippen LogP contribution in [0.5, 0.6) is 0 Å². The largest absolute Gasteiger partial charge is 0.276 e. The van der Waals surface area contributed by atoms with Crippen LogP contribution in [0.25, 0.3) is 0 Å². The minimum absolute atomic E-state index is 0.205. The lowest BCUT2D eigenvalue weighted by Gasteiger charge is -2.05. The number of hydrogen-bond acceptors (Lipinski definition) is 2. The molecule has 0 amide bonds. The van der Waals surface area contributed by atoms with Crippen LogP contribution < -0.4 is 9.44 Å². The van der Waals surface area contributed by atoms with E-state index in [0.29, 0.717) is 24.9 Å². The van der Waals surface area contributed by atoms with Crippen LogP contribution in [0.1, 0.15) is 18.4 Å². The van der Waals surface area contributed by atoms with Crippen molar-refractivity contribution in [3.63, 3.8) is 0 Å². The first-order valence-electron chi connectivity index (χ1n) is 5.47. The lowest BCUT2D eigenvalue weighted by Crippen LogP contribution is -2.34. The second-order valence-electron chi connectivity index (χ2n) is 3.65. The van der Waals surface area contributed by atoms with Crippen LogP contribution in [-0.2, 0) is 16.6 Å². The highest BCUT2D eigenvalue weighted by molar-refractivity contribution is 7.87. The van der Waals surface area contributed by atoms with Crippen molar-refractivity contribution in [3.05, 3.63) is 35.6 Å². The summed E-state index contributed by atoms with van der Waals surface area (Å²) in [5.41, 5.74) is 0.670. The molecule has 6 heteroatoms. The smallest absolute Gasteiger partial charge is 0.207 e. The Balaban J connectivity index is 2.24. The van der Waals surface area contributed by atoms with Gasteiger partial charge in [0.1, 0.15) is 5.82 Å². The maximum atomic E-state index is 13.2. The minimum Gasteiger partial charge on any atom is -0.207 e. The van der Waals surface area contributed by atoms with Gasteiger partial charge in [-0.3, -0.25) is 0 Å². The van der Waals surface area contributed by atoms with Crippen molar-refractivity contribution in [1.29, 1.82) is 0 Å². The molecule has 0 atom stereocenters. The van der Waals surface area contributed by atoms with Gasteiger partial charge in [0.15, 0.2) is 0 Å². The Labute approximate surface area is 101 Å². The first-order chi connectivity index (χ1) is 8.05. The summed E-state index contributed by atoms with van der Waals surface area (Å²) in [5, 5.41) is 0. The summed E-state index contributed by atoms with van der Waals surface area (Å²) in [5.74, 6) is -0.205. The van der Waals surface area contributed by atoms with Gasteiger partial charge >= 0.3 is 0 Å². The highest BCUT2D eigenvalue weighted by Crippen LogP contribution is 2.09. The SMILES string of the molecule is CNS(=O)(=O)NCCCCc1ccccc1F. The first kappa shape index (κ1) is 14.1. The summed E-state index contributed by atoms with van der Waals surface area (Å²) in [7, 11) is -2.00. The van der Waals surface area contributed by atoms with Crippen LogP contribution in [0.3, 0.4) is 0 Å². The molecule has 0 aliphatic carbocycles. The zero-order chi connectivity index (χ0) is 12.7. The summed E-state index contributed by atoms with van der Waals surface area (Å²) in [4.78, 5) is 0. The fourth-order valence-corrected chi connectivity index (χ4v) is 1.98. The van der Waals surface area contributed by atoms with Gasteiger partial charge < -0.3 is 0 Å². The molecule has 2 N–H and O–H groups in total. The third kappa shape index (κ3) is 5.25. The number of halogens is 1. The molecule has 0 aliphatic heterocycles. The molecule has 1 rings (SSSR count). The quantitative estimate of drug-likeness (QED) is 0.724. The number of unbranched alkanes of at least 4 members (excludes halogenated alkanes) is 1. The molecule has 96 valence electrons. The summed E-state index contributed by atoms with van der Waals surface area (Å²) >= 11 is 0. The second-order valence-corrected chi connectivity index (χ2v) is 5.35. The van der Waals surface area contributed by atoms with Crippen molar-refractivity contribution in [2.24, 2.45) is 0 Å². The van der Waals surface area contributed by atoms with Gasteiger partial charge in [-0.2, -0.15) is 8.42 Å². The molecule has 0 radical (unpaired) electrons. The Bertz CT molecular complexity index is 449. The molecule has 0 aromatic heterocycles. The number of aryl methyl sites for hydroxylation is 1. The number of rotatable bonds is 7. The molecule has 1 aromatic rings. The van der Waals surface area contributed by atoms with E-state index >= 15 is 0 Å². The average Bonchev–Trinajstić information content (AvgIpc) is 2.31. The summed E-state index contributed by atoms with van der Waals surface area (Å²) in [6.07, 6.45) is 2.04. The van der Waals surface area contributed by atoms with Crippen LogP contribution >= 0.6 is 0 Å². The molecule has 17 heavy (non-hydrogen) atoms.